The van der Waals surface area contributed by atoms with Gasteiger partial charge in [0, 0.05) is 12.6 Å². The van der Waals surface area contributed by atoms with Crippen LogP contribution in [-0.4, -0.2) is 18.5 Å². The van der Waals surface area contributed by atoms with Crippen molar-refractivity contribution in [2.45, 2.75) is 64.3 Å². The molecule has 2 atom stereocenters. The Balaban J connectivity index is 1.66. The summed E-state index contributed by atoms with van der Waals surface area (Å²) in [4.78, 5) is 4.36. The standard InChI is InChI=1S/C14H27N3/c1-2-3-9-16-14(15)17-13-10-12(13)11-7-5-4-6-8-11/h11-13H,2-10H2,1H3,(H3,15,16,17). The highest BCUT2D eigenvalue weighted by Gasteiger charge is 2.43. The molecule has 3 heteroatoms. The van der Waals surface area contributed by atoms with Crippen LogP contribution in [0.3, 0.4) is 0 Å². The zero-order valence-corrected chi connectivity index (χ0v) is 11.1. The number of nitrogens with two attached hydrogens (primary N) is 1. The van der Waals surface area contributed by atoms with Crippen LogP contribution in [-0.2, 0) is 0 Å². The predicted octanol–water partition coefficient (Wildman–Crippen LogP) is 2.66. The topological polar surface area (TPSA) is 50.4 Å². The molecule has 2 rings (SSSR count). The van der Waals surface area contributed by atoms with E-state index in [9.17, 15) is 0 Å². The summed E-state index contributed by atoms with van der Waals surface area (Å²) in [7, 11) is 0. The quantitative estimate of drug-likeness (QED) is 0.439. The molecular weight excluding hydrogens is 210 g/mol. The Morgan fingerprint density at radius 2 is 2.06 bits per heavy atom. The van der Waals surface area contributed by atoms with Gasteiger partial charge >= 0.3 is 0 Å². The van der Waals surface area contributed by atoms with Gasteiger partial charge in [0.2, 0.25) is 0 Å². The number of hydrogen-bond acceptors (Lipinski definition) is 1. The maximum absolute atomic E-state index is 5.89. The molecule has 2 aliphatic carbocycles. The second kappa shape index (κ2) is 6.27. The van der Waals surface area contributed by atoms with Gasteiger partial charge in [-0.15, -0.1) is 0 Å². The lowest BCUT2D eigenvalue weighted by Crippen LogP contribution is -2.35. The van der Waals surface area contributed by atoms with Crippen molar-refractivity contribution in [2.24, 2.45) is 22.6 Å². The van der Waals surface area contributed by atoms with Gasteiger partial charge in [-0.25, -0.2) is 0 Å². The maximum atomic E-state index is 5.89. The summed E-state index contributed by atoms with van der Waals surface area (Å²) in [5, 5.41) is 3.39. The number of hydrogen-bond donors (Lipinski definition) is 2. The predicted molar refractivity (Wildman–Crippen MR) is 73.0 cm³/mol. The van der Waals surface area contributed by atoms with E-state index in [2.05, 4.69) is 17.2 Å². The van der Waals surface area contributed by atoms with Crippen molar-refractivity contribution in [3.63, 3.8) is 0 Å². The third-order valence-corrected chi connectivity index (χ3v) is 4.22. The summed E-state index contributed by atoms with van der Waals surface area (Å²) in [6.45, 7) is 3.05. The van der Waals surface area contributed by atoms with Gasteiger partial charge < -0.3 is 11.1 Å². The molecule has 0 radical (unpaired) electrons. The molecule has 0 heterocycles. The summed E-state index contributed by atoms with van der Waals surface area (Å²) in [5.74, 6) is 2.52. The minimum atomic E-state index is 0.628. The van der Waals surface area contributed by atoms with E-state index in [4.69, 9.17) is 5.73 Å². The Morgan fingerprint density at radius 3 is 2.76 bits per heavy atom. The van der Waals surface area contributed by atoms with Gasteiger partial charge in [-0.05, 0) is 24.7 Å². The van der Waals surface area contributed by atoms with Crippen LogP contribution in [0, 0.1) is 11.8 Å². The molecule has 2 aliphatic rings. The highest BCUT2D eigenvalue weighted by Crippen LogP contribution is 2.44. The third kappa shape index (κ3) is 3.90. The number of unbranched alkanes of at least 4 members (excludes halogenated alkanes) is 1. The SMILES string of the molecule is CCCCN=C(N)NC1CC1C1CCCCC1. The summed E-state index contributed by atoms with van der Waals surface area (Å²) in [5.41, 5.74) is 5.89. The normalized spacial score (nSPS) is 30.3. The lowest BCUT2D eigenvalue weighted by atomic mass is 9.85. The molecule has 0 aliphatic heterocycles. The van der Waals surface area contributed by atoms with Crippen molar-refractivity contribution < 1.29 is 0 Å². The molecule has 0 saturated heterocycles. The van der Waals surface area contributed by atoms with Crippen molar-refractivity contribution in [2.75, 3.05) is 6.54 Å². The van der Waals surface area contributed by atoms with Crippen molar-refractivity contribution >= 4 is 5.96 Å². The molecule has 98 valence electrons. The largest absolute Gasteiger partial charge is 0.370 e. The second-order valence-corrected chi connectivity index (χ2v) is 5.67. The van der Waals surface area contributed by atoms with Gasteiger partial charge in [0.1, 0.15) is 0 Å². The molecule has 2 saturated carbocycles. The molecule has 0 spiro atoms. The first kappa shape index (κ1) is 12.7. The van der Waals surface area contributed by atoms with E-state index in [-0.39, 0.29) is 0 Å². The fourth-order valence-electron chi connectivity index (χ4n) is 3.06. The van der Waals surface area contributed by atoms with Crippen LogP contribution in [0.15, 0.2) is 4.99 Å². The molecule has 0 aromatic carbocycles. The molecule has 17 heavy (non-hydrogen) atoms. The fraction of sp³-hybridized carbons (Fsp3) is 0.929. The zero-order valence-electron chi connectivity index (χ0n) is 11.1. The van der Waals surface area contributed by atoms with Crippen molar-refractivity contribution in [1.29, 1.82) is 0 Å². The van der Waals surface area contributed by atoms with Crippen LogP contribution in [0.5, 0.6) is 0 Å². The minimum absolute atomic E-state index is 0.628. The zero-order chi connectivity index (χ0) is 12.1. The van der Waals surface area contributed by atoms with Gasteiger partial charge in [0.25, 0.3) is 0 Å². The Kier molecular flexibility index (Phi) is 4.69. The molecule has 2 fully saturated rings. The van der Waals surface area contributed by atoms with E-state index in [0.29, 0.717) is 12.0 Å². The average molecular weight is 237 g/mol. The van der Waals surface area contributed by atoms with Crippen LogP contribution < -0.4 is 11.1 Å². The van der Waals surface area contributed by atoms with Crippen LogP contribution in [0.1, 0.15) is 58.3 Å². The van der Waals surface area contributed by atoms with Crippen molar-refractivity contribution in [3.8, 4) is 0 Å². The van der Waals surface area contributed by atoms with Crippen LogP contribution in [0.25, 0.3) is 0 Å². The number of guanidine groups is 1. The second-order valence-electron chi connectivity index (χ2n) is 5.67. The third-order valence-electron chi connectivity index (χ3n) is 4.22. The monoisotopic (exact) mass is 237 g/mol. The van der Waals surface area contributed by atoms with Gasteiger partial charge in [-0.3, -0.25) is 4.99 Å². The summed E-state index contributed by atoms with van der Waals surface area (Å²) < 4.78 is 0. The summed E-state index contributed by atoms with van der Waals surface area (Å²) in [6, 6.07) is 0.628. The summed E-state index contributed by atoms with van der Waals surface area (Å²) >= 11 is 0. The molecule has 2 unspecified atom stereocenters. The van der Waals surface area contributed by atoms with Crippen molar-refractivity contribution in [1.82, 2.24) is 5.32 Å². The van der Waals surface area contributed by atoms with Gasteiger partial charge in [-0.2, -0.15) is 0 Å². The molecule has 0 amide bonds. The van der Waals surface area contributed by atoms with E-state index in [1.807, 2.05) is 0 Å². The fourth-order valence-corrected chi connectivity index (χ4v) is 3.06. The Labute approximate surface area is 105 Å². The van der Waals surface area contributed by atoms with E-state index >= 15 is 0 Å². The number of nitrogens with one attached hydrogen (secondary N) is 1. The molecule has 0 bridgehead atoms. The molecule has 0 aromatic rings. The number of aliphatic imine (C=N–C) groups is 1. The Bertz CT molecular complexity index is 256. The molecule has 0 aromatic heterocycles. The van der Waals surface area contributed by atoms with Crippen LogP contribution in [0.4, 0.5) is 0 Å². The van der Waals surface area contributed by atoms with Crippen LogP contribution >= 0.6 is 0 Å². The first-order chi connectivity index (χ1) is 8.31. The van der Waals surface area contributed by atoms with Crippen molar-refractivity contribution in [3.05, 3.63) is 0 Å². The van der Waals surface area contributed by atoms with Crippen LogP contribution in [0.2, 0.25) is 0 Å². The lowest BCUT2D eigenvalue weighted by Gasteiger charge is -2.21. The van der Waals surface area contributed by atoms with E-state index < -0.39 is 0 Å². The van der Waals surface area contributed by atoms with E-state index in [1.165, 1.54) is 44.9 Å². The average Bonchev–Trinajstić information content (AvgIpc) is 3.10. The minimum Gasteiger partial charge on any atom is -0.370 e. The van der Waals surface area contributed by atoms with E-state index in [0.717, 1.165) is 24.8 Å². The number of rotatable bonds is 5. The lowest BCUT2D eigenvalue weighted by molar-refractivity contribution is 0.316. The Hall–Kier alpha value is -0.730. The Morgan fingerprint density at radius 1 is 1.29 bits per heavy atom. The maximum Gasteiger partial charge on any atom is 0.188 e. The smallest absolute Gasteiger partial charge is 0.188 e. The van der Waals surface area contributed by atoms with Gasteiger partial charge in [0.15, 0.2) is 5.96 Å². The highest BCUT2D eigenvalue weighted by molar-refractivity contribution is 5.78. The molecule has 3 N–H and O–H groups in total. The first-order valence-electron chi connectivity index (χ1n) is 7.37. The summed E-state index contributed by atoms with van der Waals surface area (Å²) in [6.07, 6.45) is 10.8. The van der Waals surface area contributed by atoms with E-state index in [1.54, 1.807) is 0 Å². The van der Waals surface area contributed by atoms with Gasteiger partial charge in [0.05, 0.1) is 0 Å². The number of nitrogens with zero attached hydrogens (tertiary/aromatic N) is 1. The van der Waals surface area contributed by atoms with Gasteiger partial charge in [-0.1, -0.05) is 45.4 Å². The molecule has 3 nitrogen and oxygen atoms in total. The molecular formula is C14H27N3. The highest BCUT2D eigenvalue weighted by atomic mass is 15.1. The first-order valence-corrected chi connectivity index (χ1v) is 7.37.